The molecule has 0 fully saturated rings. The number of carboxylic acid groups (broad SMARTS) is 1. The highest BCUT2D eigenvalue weighted by Gasteiger charge is 2.14. The SMILES string of the molecule is Cc1nn(CC(C)C)c(C)c1CCC(=O)Nc1ccc(OCC(=O)O)cc1. The number of hydrogen-bond donors (Lipinski definition) is 2. The predicted octanol–water partition coefficient (Wildman–Crippen LogP) is 3.19. The highest BCUT2D eigenvalue weighted by Crippen LogP contribution is 2.18. The molecule has 1 amide bonds. The van der Waals surface area contributed by atoms with Crippen LogP contribution < -0.4 is 10.1 Å². The summed E-state index contributed by atoms with van der Waals surface area (Å²) in [4.78, 5) is 22.7. The Hall–Kier alpha value is -2.83. The zero-order valence-electron chi connectivity index (χ0n) is 16.3. The van der Waals surface area contributed by atoms with E-state index in [1.54, 1.807) is 24.3 Å². The van der Waals surface area contributed by atoms with Crippen molar-refractivity contribution in [1.82, 2.24) is 9.78 Å². The summed E-state index contributed by atoms with van der Waals surface area (Å²) in [6, 6.07) is 6.63. The molecule has 2 aromatic rings. The van der Waals surface area contributed by atoms with Crippen LogP contribution in [0.15, 0.2) is 24.3 Å². The van der Waals surface area contributed by atoms with Gasteiger partial charge in [0.25, 0.3) is 0 Å². The maximum Gasteiger partial charge on any atom is 0.341 e. The number of rotatable bonds is 9. The molecule has 0 unspecified atom stereocenters. The van der Waals surface area contributed by atoms with Crippen LogP contribution in [0.5, 0.6) is 5.75 Å². The second-order valence-corrected chi connectivity index (χ2v) is 6.98. The van der Waals surface area contributed by atoms with E-state index in [4.69, 9.17) is 9.84 Å². The van der Waals surface area contributed by atoms with Crippen LogP contribution in [0.1, 0.15) is 37.2 Å². The second-order valence-electron chi connectivity index (χ2n) is 6.98. The first-order chi connectivity index (χ1) is 12.8. The van der Waals surface area contributed by atoms with Crippen molar-refractivity contribution in [3.63, 3.8) is 0 Å². The Morgan fingerprint density at radius 3 is 2.48 bits per heavy atom. The van der Waals surface area contributed by atoms with E-state index in [9.17, 15) is 9.59 Å². The Labute approximate surface area is 159 Å². The molecule has 1 aromatic carbocycles. The maximum atomic E-state index is 12.2. The number of carboxylic acids is 1. The van der Waals surface area contributed by atoms with E-state index >= 15 is 0 Å². The van der Waals surface area contributed by atoms with Gasteiger partial charge in [0.1, 0.15) is 5.75 Å². The molecular weight excluding hydrogens is 346 g/mol. The van der Waals surface area contributed by atoms with Crippen molar-refractivity contribution in [3.8, 4) is 5.75 Å². The molecule has 0 spiro atoms. The molecule has 0 saturated heterocycles. The molecular formula is C20H27N3O4. The van der Waals surface area contributed by atoms with Crippen molar-refractivity contribution >= 4 is 17.6 Å². The Morgan fingerprint density at radius 2 is 1.89 bits per heavy atom. The van der Waals surface area contributed by atoms with E-state index in [1.807, 2.05) is 18.5 Å². The molecule has 2 N–H and O–H groups in total. The van der Waals surface area contributed by atoms with Crippen LogP contribution in [-0.4, -0.2) is 33.4 Å². The number of carbonyl (C=O) groups excluding carboxylic acids is 1. The number of aryl methyl sites for hydroxylation is 1. The third-order valence-electron chi connectivity index (χ3n) is 4.17. The molecule has 27 heavy (non-hydrogen) atoms. The van der Waals surface area contributed by atoms with Crippen LogP contribution in [0.4, 0.5) is 5.69 Å². The third-order valence-corrected chi connectivity index (χ3v) is 4.17. The van der Waals surface area contributed by atoms with Crippen molar-refractivity contribution in [1.29, 1.82) is 0 Å². The monoisotopic (exact) mass is 373 g/mol. The molecule has 2 rings (SSSR count). The first kappa shape index (κ1) is 20.5. The minimum Gasteiger partial charge on any atom is -0.482 e. The zero-order chi connectivity index (χ0) is 20.0. The van der Waals surface area contributed by atoms with Gasteiger partial charge in [0.2, 0.25) is 5.91 Å². The molecule has 0 bridgehead atoms. The van der Waals surface area contributed by atoms with Crippen LogP contribution in [0.25, 0.3) is 0 Å². The van der Waals surface area contributed by atoms with Crippen molar-refractivity contribution in [2.24, 2.45) is 5.92 Å². The van der Waals surface area contributed by atoms with Gasteiger partial charge in [-0.15, -0.1) is 0 Å². The summed E-state index contributed by atoms with van der Waals surface area (Å²) in [5.74, 6) is -0.153. The number of hydrogen-bond acceptors (Lipinski definition) is 4. The average Bonchev–Trinajstić information content (AvgIpc) is 2.85. The van der Waals surface area contributed by atoms with Gasteiger partial charge < -0.3 is 15.2 Å². The Balaban J connectivity index is 1.89. The lowest BCUT2D eigenvalue weighted by Gasteiger charge is -2.09. The normalized spacial score (nSPS) is 10.9. The van der Waals surface area contributed by atoms with Crippen molar-refractivity contribution in [2.45, 2.75) is 47.1 Å². The molecule has 1 heterocycles. The van der Waals surface area contributed by atoms with E-state index in [0.29, 0.717) is 30.2 Å². The minimum atomic E-state index is -1.03. The number of carbonyl (C=O) groups is 2. The van der Waals surface area contributed by atoms with Gasteiger partial charge in [-0.3, -0.25) is 9.48 Å². The topological polar surface area (TPSA) is 93.5 Å². The lowest BCUT2D eigenvalue weighted by Crippen LogP contribution is -2.13. The molecule has 0 aliphatic heterocycles. The second kappa shape index (κ2) is 9.21. The van der Waals surface area contributed by atoms with Crippen molar-refractivity contribution < 1.29 is 19.4 Å². The van der Waals surface area contributed by atoms with Gasteiger partial charge >= 0.3 is 5.97 Å². The molecule has 146 valence electrons. The Morgan fingerprint density at radius 1 is 1.22 bits per heavy atom. The maximum absolute atomic E-state index is 12.2. The van der Waals surface area contributed by atoms with Crippen molar-refractivity contribution in [2.75, 3.05) is 11.9 Å². The number of anilines is 1. The molecule has 0 aliphatic carbocycles. The van der Waals surface area contributed by atoms with Crippen LogP contribution in [-0.2, 0) is 22.6 Å². The first-order valence-electron chi connectivity index (χ1n) is 9.03. The van der Waals surface area contributed by atoms with Crippen LogP contribution in [0, 0.1) is 19.8 Å². The zero-order valence-corrected chi connectivity index (χ0v) is 16.3. The van der Waals surface area contributed by atoms with Gasteiger partial charge in [0.05, 0.1) is 5.69 Å². The summed E-state index contributed by atoms with van der Waals surface area (Å²) in [5, 5.41) is 16.0. The van der Waals surface area contributed by atoms with Crippen LogP contribution in [0.2, 0.25) is 0 Å². The van der Waals surface area contributed by atoms with E-state index in [1.165, 1.54) is 0 Å². The molecule has 7 heteroatoms. The summed E-state index contributed by atoms with van der Waals surface area (Å²) < 4.78 is 7.08. The molecule has 0 atom stereocenters. The smallest absolute Gasteiger partial charge is 0.341 e. The number of aromatic nitrogens is 2. The summed E-state index contributed by atoms with van der Waals surface area (Å²) >= 11 is 0. The average molecular weight is 373 g/mol. The summed E-state index contributed by atoms with van der Waals surface area (Å²) in [7, 11) is 0. The van der Waals surface area contributed by atoms with Gasteiger partial charge in [-0.25, -0.2) is 4.79 Å². The highest BCUT2D eigenvalue weighted by atomic mass is 16.5. The number of aliphatic carboxylic acids is 1. The Kier molecular flexibility index (Phi) is 6.98. The van der Waals surface area contributed by atoms with Gasteiger partial charge in [0.15, 0.2) is 6.61 Å². The van der Waals surface area contributed by atoms with E-state index in [2.05, 4.69) is 24.3 Å². The molecule has 1 aromatic heterocycles. The van der Waals surface area contributed by atoms with E-state index < -0.39 is 12.6 Å². The predicted molar refractivity (Wildman–Crippen MR) is 103 cm³/mol. The van der Waals surface area contributed by atoms with Crippen molar-refractivity contribution in [3.05, 3.63) is 41.2 Å². The van der Waals surface area contributed by atoms with Gasteiger partial charge in [-0.1, -0.05) is 13.8 Å². The van der Waals surface area contributed by atoms with E-state index in [0.717, 1.165) is 23.5 Å². The number of nitrogens with one attached hydrogen (secondary N) is 1. The lowest BCUT2D eigenvalue weighted by atomic mass is 10.1. The van der Waals surface area contributed by atoms with Crippen LogP contribution in [0.3, 0.4) is 0 Å². The summed E-state index contributed by atoms with van der Waals surface area (Å²) in [5.41, 5.74) is 3.87. The molecule has 7 nitrogen and oxygen atoms in total. The minimum absolute atomic E-state index is 0.0791. The fourth-order valence-electron chi connectivity index (χ4n) is 2.86. The van der Waals surface area contributed by atoms with Gasteiger partial charge in [0, 0.05) is 24.3 Å². The quantitative estimate of drug-likeness (QED) is 0.704. The van der Waals surface area contributed by atoms with Crippen LogP contribution >= 0.6 is 0 Å². The largest absolute Gasteiger partial charge is 0.482 e. The lowest BCUT2D eigenvalue weighted by molar-refractivity contribution is -0.139. The highest BCUT2D eigenvalue weighted by molar-refractivity contribution is 5.90. The van der Waals surface area contributed by atoms with Gasteiger partial charge in [-0.05, 0) is 56.0 Å². The number of nitrogens with zero attached hydrogens (tertiary/aromatic N) is 2. The summed E-state index contributed by atoms with van der Waals surface area (Å²) in [6.45, 7) is 8.81. The molecule has 0 saturated carbocycles. The fraction of sp³-hybridized carbons (Fsp3) is 0.450. The number of ether oxygens (including phenoxy) is 1. The molecule has 0 radical (unpaired) electrons. The first-order valence-corrected chi connectivity index (χ1v) is 9.03. The number of amides is 1. The fourth-order valence-corrected chi connectivity index (χ4v) is 2.86. The Bertz CT molecular complexity index is 794. The van der Waals surface area contributed by atoms with Gasteiger partial charge in [-0.2, -0.15) is 5.10 Å². The summed E-state index contributed by atoms with van der Waals surface area (Å²) in [6.07, 6.45) is 1.01. The molecule has 0 aliphatic rings. The van der Waals surface area contributed by atoms with E-state index in [-0.39, 0.29) is 5.91 Å². The number of benzene rings is 1. The standard InChI is InChI=1S/C20H27N3O4/c1-13(2)11-23-15(4)18(14(3)22-23)9-10-19(24)21-16-5-7-17(8-6-16)27-12-20(25)26/h5-8,13H,9-12H2,1-4H3,(H,21,24)(H,25,26). The third kappa shape index (κ3) is 6.13.